The third-order valence-electron chi connectivity index (χ3n) is 1.06. The van der Waals surface area contributed by atoms with Crippen LogP contribution >= 0.6 is 11.3 Å². The van der Waals surface area contributed by atoms with Crippen molar-refractivity contribution in [2.24, 2.45) is 10.7 Å². The summed E-state index contributed by atoms with van der Waals surface area (Å²) >= 11 is 1.50. The molecule has 1 heterocycles. The Bertz CT molecular complexity index is 252. The smallest absolute Gasteiger partial charge is 0.195 e. The fraction of sp³-hybridized carbons (Fsp3) is 0.429. The lowest BCUT2D eigenvalue weighted by molar-refractivity contribution is 0.833. The summed E-state index contributed by atoms with van der Waals surface area (Å²) in [5.41, 5.74) is 5.57. The van der Waals surface area contributed by atoms with Crippen molar-refractivity contribution in [3.63, 3.8) is 0 Å². The Morgan fingerprint density at radius 2 is 2.50 bits per heavy atom. The fourth-order valence-corrected chi connectivity index (χ4v) is 1.24. The van der Waals surface area contributed by atoms with Crippen molar-refractivity contribution in [1.29, 1.82) is 0 Å². The average molecular weight is 184 g/mol. The van der Waals surface area contributed by atoms with Gasteiger partial charge >= 0.3 is 0 Å². The molecule has 0 atom stereocenters. The predicted octanol–water partition coefficient (Wildman–Crippen LogP) is 1.28. The quantitative estimate of drug-likeness (QED) is 0.537. The first-order valence-corrected chi connectivity index (χ1v) is 4.56. The molecule has 0 aliphatic rings. The number of hydrogen-bond acceptors (Lipinski definition) is 3. The molecule has 0 saturated carbocycles. The molecule has 0 amide bonds. The molecular formula is C7H12N4S. The van der Waals surface area contributed by atoms with E-state index in [1.54, 1.807) is 6.20 Å². The molecule has 0 saturated heterocycles. The van der Waals surface area contributed by atoms with Gasteiger partial charge < -0.3 is 11.1 Å². The molecule has 0 spiro atoms. The molecule has 0 aliphatic heterocycles. The first-order chi connectivity index (χ1) is 5.68. The van der Waals surface area contributed by atoms with Crippen LogP contribution in [-0.2, 0) is 0 Å². The number of guanidine groups is 1. The Labute approximate surface area is 75.5 Å². The van der Waals surface area contributed by atoms with Gasteiger partial charge in [-0.05, 0) is 13.8 Å². The van der Waals surface area contributed by atoms with Gasteiger partial charge in [0.25, 0.3) is 0 Å². The van der Waals surface area contributed by atoms with Crippen LogP contribution in [0.15, 0.2) is 16.6 Å². The zero-order valence-electron chi connectivity index (χ0n) is 7.11. The van der Waals surface area contributed by atoms with Crippen LogP contribution in [0.3, 0.4) is 0 Å². The van der Waals surface area contributed by atoms with Crippen molar-refractivity contribution < 1.29 is 0 Å². The van der Waals surface area contributed by atoms with Gasteiger partial charge in [-0.25, -0.2) is 4.98 Å². The van der Waals surface area contributed by atoms with E-state index in [1.807, 2.05) is 19.2 Å². The standard InChI is InChI=1S/C7H12N4S/c1-5(2)10-6(8)11-7-9-3-4-12-7/h3-5H,1-2H3,(H3,8,9,10,11). The summed E-state index contributed by atoms with van der Waals surface area (Å²) in [4.78, 5) is 8.11. The van der Waals surface area contributed by atoms with E-state index in [4.69, 9.17) is 5.73 Å². The van der Waals surface area contributed by atoms with E-state index in [0.29, 0.717) is 5.96 Å². The van der Waals surface area contributed by atoms with Gasteiger partial charge in [-0.2, -0.15) is 0 Å². The lowest BCUT2D eigenvalue weighted by Gasteiger charge is -2.02. The molecular weight excluding hydrogens is 172 g/mol. The summed E-state index contributed by atoms with van der Waals surface area (Å²) in [5.74, 6) is 0.417. The highest BCUT2D eigenvalue weighted by Gasteiger charge is 1.96. The Morgan fingerprint density at radius 1 is 1.75 bits per heavy atom. The summed E-state index contributed by atoms with van der Waals surface area (Å²) in [7, 11) is 0. The number of hydrogen-bond donors (Lipinski definition) is 2. The number of rotatable bonds is 2. The number of thiazole rings is 1. The largest absolute Gasteiger partial charge is 0.370 e. The van der Waals surface area contributed by atoms with E-state index in [-0.39, 0.29) is 6.04 Å². The van der Waals surface area contributed by atoms with Crippen LogP contribution in [0.1, 0.15) is 13.8 Å². The maximum Gasteiger partial charge on any atom is 0.195 e. The van der Waals surface area contributed by atoms with Crippen molar-refractivity contribution in [3.05, 3.63) is 11.6 Å². The fourth-order valence-electron chi connectivity index (χ4n) is 0.705. The third kappa shape index (κ3) is 2.87. The summed E-state index contributed by atoms with van der Waals surface area (Å²) in [6.07, 6.45) is 1.72. The molecule has 0 unspecified atom stereocenters. The van der Waals surface area contributed by atoms with Crippen LogP contribution in [0, 0.1) is 0 Å². The van der Waals surface area contributed by atoms with Gasteiger partial charge in [-0.15, -0.1) is 11.3 Å². The highest BCUT2D eigenvalue weighted by Crippen LogP contribution is 2.09. The number of nitrogens with two attached hydrogens (primary N) is 1. The monoisotopic (exact) mass is 184 g/mol. The van der Waals surface area contributed by atoms with Gasteiger partial charge in [0.15, 0.2) is 11.1 Å². The van der Waals surface area contributed by atoms with Crippen LogP contribution in [0.25, 0.3) is 0 Å². The second-order valence-corrected chi connectivity index (χ2v) is 3.46. The van der Waals surface area contributed by atoms with Crippen LogP contribution in [-0.4, -0.2) is 17.0 Å². The Morgan fingerprint density at radius 3 is 3.00 bits per heavy atom. The van der Waals surface area contributed by atoms with Gasteiger partial charge in [0.1, 0.15) is 0 Å². The third-order valence-corrected chi connectivity index (χ3v) is 1.75. The van der Waals surface area contributed by atoms with Crippen LogP contribution < -0.4 is 11.1 Å². The molecule has 12 heavy (non-hydrogen) atoms. The Balaban J connectivity index is 2.52. The van der Waals surface area contributed by atoms with Crippen molar-refractivity contribution in [1.82, 2.24) is 4.98 Å². The van der Waals surface area contributed by atoms with E-state index in [9.17, 15) is 0 Å². The molecule has 66 valence electrons. The van der Waals surface area contributed by atoms with Gasteiger partial charge in [-0.1, -0.05) is 0 Å². The van der Waals surface area contributed by atoms with E-state index in [2.05, 4.69) is 15.3 Å². The summed E-state index contributed by atoms with van der Waals surface area (Å²) in [6.45, 7) is 3.94. The SMILES string of the molecule is CC(C)N=C(N)Nc1nccs1. The minimum Gasteiger partial charge on any atom is -0.370 e. The average Bonchev–Trinajstić information content (AvgIpc) is 2.37. The van der Waals surface area contributed by atoms with E-state index >= 15 is 0 Å². The molecule has 5 heteroatoms. The number of anilines is 1. The zero-order chi connectivity index (χ0) is 8.97. The summed E-state index contributed by atoms with van der Waals surface area (Å²) in [5, 5.41) is 5.54. The molecule has 0 bridgehead atoms. The van der Waals surface area contributed by atoms with Gasteiger partial charge in [0.2, 0.25) is 0 Å². The highest BCUT2D eigenvalue weighted by molar-refractivity contribution is 7.13. The molecule has 4 nitrogen and oxygen atoms in total. The second-order valence-electron chi connectivity index (χ2n) is 2.57. The normalized spacial score (nSPS) is 12.1. The van der Waals surface area contributed by atoms with Crippen LogP contribution in [0.5, 0.6) is 0 Å². The topological polar surface area (TPSA) is 63.3 Å². The van der Waals surface area contributed by atoms with Crippen molar-refractivity contribution in [2.45, 2.75) is 19.9 Å². The minimum atomic E-state index is 0.206. The van der Waals surface area contributed by atoms with Crippen molar-refractivity contribution in [2.75, 3.05) is 5.32 Å². The second kappa shape index (κ2) is 4.06. The molecule has 3 N–H and O–H groups in total. The number of nitrogens with zero attached hydrogens (tertiary/aromatic N) is 2. The molecule has 0 radical (unpaired) electrons. The van der Waals surface area contributed by atoms with Gasteiger partial charge in [0.05, 0.1) is 0 Å². The lowest BCUT2D eigenvalue weighted by Crippen LogP contribution is -2.23. The molecule has 1 aromatic heterocycles. The maximum atomic E-state index is 5.57. The first kappa shape index (κ1) is 8.99. The Hall–Kier alpha value is -1.10. The molecule has 0 aromatic carbocycles. The molecule has 1 aromatic rings. The summed E-state index contributed by atoms with van der Waals surface area (Å²) < 4.78 is 0. The van der Waals surface area contributed by atoms with Gasteiger partial charge in [0, 0.05) is 17.6 Å². The summed E-state index contributed by atoms with van der Waals surface area (Å²) in [6, 6.07) is 0.206. The van der Waals surface area contributed by atoms with Crippen molar-refractivity contribution in [3.8, 4) is 0 Å². The van der Waals surface area contributed by atoms with Crippen LogP contribution in [0.4, 0.5) is 5.13 Å². The maximum absolute atomic E-state index is 5.57. The first-order valence-electron chi connectivity index (χ1n) is 3.68. The van der Waals surface area contributed by atoms with Gasteiger partial charge in [-0.3, -0.25) is 4.99 Å². The van der Waals surface area contributed by atoms with Crippen LogP contribution in [0.2, 0.25) is 0 Å². The molecule has 0 fully saturated rings. The molecule has 1 rings (SSSR count). The van der Waals surface area contributed by atoms with E-state index < -0.39 is 0 Å². The number of aliphatic imine (C=N–C) groups is 1. The number of aromatic nitrogens is 1. The zero-order valence-corrected chi connectivity index (χ0v) is 7.93. The van der Waals surface area contributed by atoms with Crippen molar-refractivity contribution >= 4 is 22.4 Å². The molecule has 0 aliphatic carbocycles. The predicted molar refractivity (Wildman–Crippen MR) is 52.5 cm³/mol. The minimum absolute atomic E-state index is 0.206. The number of nitrogens with one attached hydrogen (secondary N) is 1. The van der Waals surface area contributed by atoms with E-state index in [1.165, 1.54) is 11.3 Å². The highest BCUT2D eigenvalue weighted by atomic mass is 32.1. The Kier molecular flexibility index (Phi) is 3.04. The van der Waals surface area contributed by atoms with E-state index in [0.717, 1.165) is 5.13 Å². The lowest BCUT2D eigenvalue weighted by atomic mass is 10.4.